The lowest BCUT2D eigenvalue weighted by Gasteiger charge is -2.12. The Morgan fingerprint density at radius 3 is 2.79 bits per heavy atom. The van der Waals surface area contributed by atoms with Gasteiger partial charge in [0.2, 0.25) is 0 Å². The van der Waals surface area contributed by atoms with Gasteiger partial charge in [-0.3, -0.25) is 4.79 Å². The van der Waals surface area contributed by atoms with E-state index in [0.29, 0.717) is 11.3 Å². The van der Waals surface area contributed by atoms with Crippen molar-refractivity contribution in [2.45, 2.75) is 32.7 Å². The highest BCUT2D eigenvalue weighted by Crippen LogP contribution is 2.21. The lowest BCUT2D eigenvalue weighted by atomic mass is 10.1. The Morgan fingerprint density at radius 1 is 1.37 bits per heavy atom. The number of rotatable bonds is 5. The van der Waals surface area contributed by atoms with Gasteiger partial charge in [0, 0.05) is 11.6 Å². The fraction of sp³-hybridized carbons (Fsp3) is 0.333. The molecular formula is C15H18N2O2. The smallest absolute Gasteiger partial charge is 0.257 e. The Kier molecular flexibility index (Phi) is 4.34. The van der Waals surface area contributed by atoms with Crippen molar-refractivity contribution in [2.75, 3.05) is 0 Å². The fourth-order valence-electron chi connectivity index (χ4n) is 2.01. The summed E-state index contributed by atoms with van der Waals surface area (Å²) in [6, 6.07) is 9.70. The summed E-state index contributed by atoms with van der Waals surface area (Å²) in [6.45, 7) is 4.09. The first kappa shape index (κ1) is 13.3. The Bertz CT molecular complexity index is 534. The monoisotopic (exact) mass is 258 g/mol. The number of hydrogen-bond donors (Lipinski definition) is 1. The van der Waals surface area contributed by atoms with Gasteiger partial charge in [0.15, 0.2) is 0 Å². The third kappa shape index (κ3) is 3.22. The molecular weight excluding hydrogens is 240 g/mol. The van der Waals surface area contributed by atoms with Crippen molar-refractivity contribution in [2.24, 2.45) is 0 Å². The van der Waals surface area contributed by atoms with Gasteiger partial charge in [0.1, 0.15) is 17.5 Å². The van der Waals surface area contributed by atoms with E-state index < -0.39 is 0 Å². The second kappa shape index (κ2) is 6.18. The quantitative estimate of drug-likeness (QED) is 0.895. The number of nitrogens with one attached hydrogen (secondary N) is 1. The summed E-state index contributed by atoms with van der Waals surface area (Å²) in [5.41, 5.74) is 1.94. The van der Waals surface area contributed by atoms with E-state index in [1.165, 1.54) is 6.26 Å². The lowest BCUT2D eigenvalue weighted by Crippen LogP contribution is -2.32. The SMILES string of the molecule is CCC[C@H](C)NC(=O)c1conc1-c1ccccc1. The fourth-order valence-corrected chi connectivity index (χ4v) is 2.01. The molecule has 0 saturated heterocycles. The van der Waals surface area contributed by atoms with Crippen LogP contribution in [0.25, 0.3) is 11.3 Å². The van der Waals surface area contributed by atoms with Crippen LogP contribution in [0.2, 0.25) is 0 Å². The zero-order chi connectivity index (χ0) is 13.7. The number of carbonyl (C=O) groups is 1. The third-order valence-electron chi connectivity index (χ3n) is 2.96. The Labute approximate surface area is 112 Å². The zero-order valence-corrected chi connectivity index (χ0v) is 11.2. The Morgan fingerprint density at radius 2 is 2.11 bits per heavy atom. The molecule has 2 rings (SSSR count). The van der Waals surface area contributed by atoms with Crippen molar-refractivity contribution in [3.05, 3.63) is 42.2 Å². The molecule has 0 bridgehead atoms. The highest BCUT2D eigenvalue weighted by Gasteiger charge is 2.18. The summed E-state index contributed by atoms with van der Waals surface area (Å²) >= 11 is 0. The van der Waals surface area contributed by atoms with Gasteiger partial charge in [0.25, 0.3) is 5.91 Å². The first-order valence-corrected chi connectivity index (χ1v) is 6.53. The van der Waals surface area contributed by atoms with Crippen molar-refractivity contribution >= 4 is 5.91 Å². The second-order valence-electron chi connectivity index (χ2n) is 4.61. The molecule has 0 radical (unpaired) electrons. The molecule has 2 aromatic rings. The molecule has 0 fully saturated rings. The van der Waals surface area contributed by atoms with E-state index in [4.69, 9.17) is 4.52 Å². The molecule has 4 nitrogen and oxygen atoms in total. The molecule has 0 saturated carbocycles. The maximum atomic E-state index is 12.2. The van der Waals surface area contributed by atoms with E-state index in [9.17, 15) is 4.79 Å². The summed E-state index contributed by atoms with van der Waals surface area (Å²) in [5.74, 6) is -0.138. The van der Waals surface area contributed by atoms with E-state index in [1.807, 2.05) is 37.3 Å². The molecule has 0 aliphatic heterocycles. The molecule has 1 atom stereocenters. The van der Waals surface area contributed by atoms with E-state index in [1.54, 1.807) is 0 Å². The van der Waals surface area contributed by atoms with Crippen LogP contribution in [-0.2, 0) is 0 Å². The first-order chi connectivity index (χ1) is 9.22. The van der Waals surface area contributed by atoms with Crippen LogP contribution in [0.3, 0.4) is 0 Å². The summed E-state index contributed by atoms with van der Waals surface area (Å²) < 4.78 is 4.95. The van der Waals surface area contributed by atoms with Gasteiger partial charge in [-0.25, -0.2) is 0 Å². The maximum absolute atomic E-state index is 12.2. The van der Waals surface area contributed by atoms with Crippen LogP contribution in [0.15, 0.2) is 41.1 Å². The molecule has 1 aromatic carbocycles. The normalized spacial score (nSPS) is 12.1. The summed E-state index contributed by atoms with van der Waals surface area (Å²) in [6.07, 6.45) is 3.39. The number of nitrogens with zero attached hydrogens (tertiary/aromatic N) is 1. The Hall–Kier alpha value is -2.10. The average Bonchev–Trinajstić information content (AvgIpc) is 2.89. The summed E-state index contributed by atoms with van der Waals surface area (Å²) in [4.78, 5) is 12.2. The number of carbonyl (C=O) groups excluding carboxylic acids is 1. The van der Waals surface area contributed by atoms with E-state index >= 15 is 0 Å². The molecule has 19 heavy (non-hydrogen) atoms. The minimum Gasteiger partial charge on any atom is -0.363 e. The summed E-state index contributed by atoms with van der Waals surface area (Å²) in [7, 11) is 0. The minimum absolute atomic E-state index is 0.138. The van der Waals surface area contributed by atoms with Crippen molar-refractivity contribution in [3.63, 3.8) is 0 Å². The molecule has 0 aliphatic rings. The molecule has 100 valence electrons. The standard InChI is InChI=1S/C15H18N2O2/c1-3-7-11(2)16-15(18)13-10-19-17-14(13)12-8-5-4-6-9-12/h4-6,8-11H,3,7H2,1-2H3,(H,16,18)/t11-/m0/s1. The lowest BCUT2D eigenvalue weighted by molar-refractivity contribution is 0.0938. The van der Waals surface area contributed by atoms with Gasteiger partial charge in [-0.1, -0.05) is 48.8 Å². The van der Waals surface area contributed by atoms with Gasteiger partial charge < -0.3 is 9.84 Å². The molecule has 4 heteroatoms. The predicted octanol–water partition coefficient (Wildman–Crippen LogP) is 3.26. The van der Waals surface area contributed by atoms with Crippen LogP contribution in [0.4, 0.5) is 0 Å². The predicted molar refractivity (Wildman–Crippen MR) is 73.8 cm³/mol. The largest absolute Gasteiger partial charge is 0.363 e. The second-order valence-corrected chi connectivity index (χ2v) is 4.61. The van der Waals surface area contributed by atoms with Crippen molar-refractivity contribution in [1.29, 1.82) is 0 Å². The Balaban J connectivity index is 2.18. The van der Waals surface area contributed by atoms with Crippen LogP contribution in [0.5, 0.6) is 0 Å². The van der Waals surface area contributed by atoms with Crippen molar-refractivity contribution in [3.8, 4) is 11.3 Å². The van der Waals surface area contributed by atoms with Crippen LogP contribution >= 0.6 is 0 Å². The van der Waals surface area contributed by atoms with Gasteiger partial charge in [-0.15, -0.1) is 0 Å². The van der Waals surface area contributed by atoms with Gasteiger partial charge >= 0.3 is 0 Å². The zero-order valence-electron chi connectivity index (χ0n) is 11.2. The molecule has 1 heterocycles. The summed E-state index contributed by atoms with van der Waals surface area (Å²) in [5, 5.41) is 6.88. The molecule has 0 aliphatic carbocycles. The van der Waals surface area contributed by atoms with E-state index in [0.717, 1.165) is 18.4 Å². The molecule has 0 spiro atoms. The number of hydrogen-bond acceptors (Lipinski definition) is 3. The average molecular weight is 258 g/mol. The number of amides is 1. The third-order valence-corrected chi connectivity index (χ3v) is 2.96. The number of benzene rings is 1. The van der Waals surface area contributed by atoms with Gasteiger partial charge in [0.05, 0.1) is 0 Å². The highest BCUT2D eigenvalue weighted by atomic mass is 16.5. The number of aromatic nitrogens is 1. The maximum Gasteiger partial charge on any atom is 0.257 e. The van der Waals surface area contributed by atoms with Crippen LogP contribution in [0.1, 0.15) is 37.0 Å². The van der Waals surface area contributed by atoms with Crippen LogP contribution in [0, 0.1) is 0 Å². The topological polar surface area (TPSA) is 55.1 Å². The van der Waals surface area contributed by atoms with Gasteiger partial charge in [-0.05, 0) is 13.3 Å². The molecule has 1 aromatic heterocycles. The van der Waals surface area contributed by atoms with Crippen molar-refractivity contribution in [1.82, 2.24) is 10.5 Å². The van der Waals surface area contributed by atoms with E-state index in [2.05, 4.69) is 17.4 Å². The highest BCUT2D eigenvalue weighted by molar-refractivity contribution is 5.99. The van der Waals surface area contributed by atoms with Crippen LogP contribution in [-0.4, -0.2) is 17.1 Å². The molecule has 1 amide bonds. The van der Waals surface area contributed by atoms with Crippen molar-refractivity contribution < 1.29 is 9.32 Å². The van der Waals surface area contributed by atoms with E-state index in [-0.39, 0.29) is 11.9 Å². The minimum atomic E-state index is -0.138. The first-order valence-electron chi connectivity index (χ1n) is 6.53. The molecule has 1 N–H and O–H groups in total. The van der Waals surface area contributed by atoms with Crippen LogP contribution < -0.4 is 5.32 Å². The van der Waals surface area contributed by atoms with Gasteiger partial charge in [-0.2, -0.15) is 0 Å². The molecule has 0 unspecified atom stereocenters.